The highest BCUT2D eigenvalue weighted by Gasteiger charge is 2.44. The Morgan fingerprint density at radius 3 is 2.92 bits per heavy atom. The van der Waals surface area contributed by atoms with Crippen LogP contribution >= 0.6 is 11.3 Å². The van der Waals surface area contributed by atoms with E-state index in [2.05, 4.69) is 30.9 Å². The average molecular weight is 359 g/mol. The maximum absolute atomic E-state index is 6.54. The van der Waals surface area contributed by atoms with Crippen LogP contribution in [0.5, 0.6) is 0 Å². The van der Waals surface area contributed by atoms with Gasteiger partial charge in [-0.3, -0.25) is 4.99 Å². The minimum atomic E-state index is 0.395. The molecular weight excluding hydrogens is 328 g/mol. The van der Waals surface area contributed by atoms with Crippen molar-refractivity contribution in [2.45, 2.75) is 57.0 Å². The molecule has 4 rings (SSSR count). The number of anilines is 1. The molecule has 4 atom stereocenters. The third kappa shape index (κ3) is 3.02. The first-order chi connectivity index (χ1) is 12.1. The Hall–Kier alpha value is -1.33. The fourth-order valence-electron chi connectivity index (χ4n) is 5.41. The second-order valence-electron chi connectivity index (χ2n) is 8.08. The molecule has 0 radical (unpaired) electrons. The van der Waals surface area contributed by atoms with Gasteiger partial charge in [0.05, 0.1) is 11.6 Å². The quantitative estimate of drug-likeness (QED) is 0.624. The number of hydrogen-bond donors (Lipinski definition) is 2. The summed E-state index contributed by atoms with van der Waals surface area (Å²) in [4.78, 5) is 8.92. The highest BCUT2D eigenvalue weighted by atomic mass is 32.1. The maximum Gasteiger partial charge on any atom is 0.129 e. The van der Waals surface area contributed by atoms with Crippen molar-refractivity contribution in [2.75, 3.05) is 19.4 Å². The number of nitrogens with zero attached hydrogens (tertiary/aromatic N) is 2. The van der Waals surface area contributed by atoms with E-state index in [-0.39, 0.29) is 0 Å². The number of rotatable bonds is 5. The molecule has 4 unspecified atom stereocenters. The number of hydrogen-bond acceptors (Lipinski definition) is 4. The summed E-state index contributed by atoms with van der Waals surface area (Å²) in [6.07, 6.45) is 10.4. The molecule has 4 nitrogen and oxygen atoms in total. The lowest BCUT2D eigenvalue weighted by Crippen LogP contribution is -2.32. The van der Waals surface area contributed by atoms with Gasteiger partial charge in [-0.25, -0.2) is 0 Å². The maximum atomic E-state index is 6.54. The van der Waals surface area contributed by atoms with Crippen LogP contribution in [0.3, 0.4) is 0 Å². The molecule has 1 aromatic rings. The molecule has 3 N–H and O–H groups in total. The number of fused-ring (bicyclic) bond motifs is 2. The van der Waals surface area contributed by atoms with Crippen molar-refractivity contribution >= 4 is 22.2 Å². The molecule has 1 heterocycles. The molecule has 3 aliphatic carbocycles. The molecule has 0 aromatic carbocycles. The van der Waals surface area contributed by atoms with Crippen molar-refractivity contribution < 1.29 is 0 Å². The summed E-state index contributed by atoms with van der Waals surface area (Å²) in [5, 5.41) is 4.42. The second-order valence-corrected chi connectivity index (χ2v) is 9.19. The zero-order valence-corrected chi connectivity index (χ0v) is 16.2. The van der Waals surface area contributed by atoms with Gasteiger partial charge in [0.15, 0.2) is 0 Å². The third-order valence-electron chi connectivity index (χ3n) is 6.45. The molecule has 3 aliphatic rings. The van der Waals surface area contributed by atoms with Gasteiger partial charge in [0, 0.05) is 10.9 Å². The molecule has 0 bridgehead atoms. The Balaban J connectivity index is 1.56. The predicted molar refractivity (Wildman–Crippen MR) is 108 cm³/mol. The first-order valence-corrected chi connectivity index (χ1v) is 10.4. The van der Waals surface area contributed by atoms with Gasteiger partial charge < -0.3 is 16.0 Å². The molecule has 0 spiro atoms. The summed E-state index contributed by atoms with van der Waals surface area (Å²) in [7, 11) is 4.44. The van der Waals surface area contributed by atoms with Gasteiger partial charge in [0.25, 0.3) is 0 Å². The van der Waals surface area contributed by atoms with Crippen LogP contribution in [0.2, 0.25) is 0 Å². The fraction of sp³-hybridized carbons (Fsp3) is 0.650. The van der Waals surface area contributed by atoms with Crippen LogP contribution in [0.1, 0.15) is 48.1 Å². The molecule has 25 heavy (non-hydrogen) atoms. The SMILES string of the molecule is C=CNc1sc2c(c1C(N)=NC1CC3CCC(N(C)C)C3C1)CCC2. The zero-order valence-electron chi connectivity index (χ0n) is 15.4. The number of nitrogens with two attached hydrogens (primary N) is 1. The van der Waals surface area contributed by atoms with E-state index in [1.165, 1.54) is 54.5 Å². The normalized spacial score (nSPS) is 31.4. The summed E-state index contributed by atoms with van der Waals surface area (Å²) in [6, 6.07) is 1.13. The Bertz CT molecular complexity index is 690. The summed E-state index contributed by atoms with van der Waals surface area (Å²) in [5.41, 5.74) is 9.14. The average Bonchev–Trinajstić information content (AvgIpc) is 3.26. The van der Waals surface area contributed by atoms with Crippen molar-refractivity contribution in [3.05, 3.63) is 28.8 Å². The van der Waals surface area contributed by atoms with E-state index >= 15 is 0 Å². The van der Waals surface area contributed by atoms with E-state index in [4.69, 9.17) is 10.7 Å². The van der Waals surface area contributed by atoms with E-state index in [1.54, 1.807) is 6.20 Å². The Kier molecular flexibility index (Phi) is 4.63. The highest BCUT2D eigenvalue weighted by Crippen LogP contribution is 2.47. The van der Waals surface area contributed by atoms with Crippen molar-refractivity contribution in [3.8, 4) is 0 Å². The lowest BCUT2D eigenvalue weighted by molar-refractivity contribution is 0.225. The van der Waals surface area contributed by atoms with E-state index in [9.17, 15) is 0 Å². The molecule has 0 saturated heterocycles. The topological polar surface area (TPSA) is 53.6 Å². The van der Waals surface area contributed by atoms with Crippen LogP contribution in [0.4, 0.5) is 5.00 Å². The smallest absolute Gasteiger partial charge is 0.129 e. The van der Waals surface area contributed by atoms with E-state index in [0.717, 1.165) is 35.1 Å². The lowest BCUT2D eigenvalue weighted by atomic mass is 9.97. The van der Waals surface area contributed by atoms with Crippen LogP contribution in [-0.2, 0) is 12.8 Å². The van der Waals surface area contributed by atoms with Crippen molar-refractivity contribution in [1.82, 2.24) is 4.90 Å². The van der Waals surface area contributed by atoms with Gasteiger partial charge in [-0.2, -0.15) is 0 Å². The van der Waals surface area contributed by atoms with Gasteiger partial charge in [-0.15, -0.1) is 11.3 Å². The summed E-state index contributed by atoms with van der Waals surface area (Å²) in [6.45, 7) is 3.82. The largest absolute Gasteiger partial charge is 0.383 e. The van der Waals surface area contributed by atoms with Crippen LogP contribution in [-0.4, -0.2) is 36.9 Å². The van der Waals surface area contributed by atoms with E-state index in [0.29, 0.717) is 6.04 Å². The molecule has 2 fully saturated rings. The highest BCUT2D eigenvalue weighted by molar-refractivity contribution is 7.16. The van der Waals surface area contributed by atoms with Crippen LogP contribution < -0.4 is 11.1 Å². The number of amidine groups is 1. The van der Waals surface area contributed by atoms with Crippen LogP contribution in [0.25, 0.3) is 0 Å². The van der Waals surface area contributed by atoms with Crippen molar-refractivity contribution in [3.63, 3.8) is 0 Å². The Labute approximate surface area is 155 Å². The standard InChI is InChI=1S/C20H30N4S/c1-4-22-20-18(14-6-5-7-17(14)25-20)19(21)23-13-10-12-8-9-16(24(2)3)15(12)11-13/h4,12-13,15-16,22H,1,5-11H2,2-3H3,(H2,21,23). The predicted octanol–water partition coefficient (Wildman–Crippen LogP) is 3.62. The second kappa shape index (κ2) is 6.76. The molecule has 0 aliphatic heterocycles. The number of aryl methyl sites for hydroxylation is 1. The molecular formula is C20H30N4S. The van der Waals surface area contributed by atoms with Gasteiger partial charge in [-0.05, 0) is 82.6 Å². The van der Waals surface area contributed by atoms with Gasteiger partial charge in [0.1, 0.15) is 10.8 Å². The molecule has 1 aromatic heterocycles. The minimum Gasteiger partial charge on any atom is -0.383 e. The van der Waals surface area contributed by atoms with Gasteiger partial charge in [-0.1, -0.05) is 6.58 Å². The Morgan fingerprint density at radius 2 is 2.16 bits per heavy atom. The van der Waals surface area contributed by atoms with E-state index in [1.807, 2.05) is 11.3 Å². The number of thiophene rings is 1. The first-order valence-electron chi connectivity index (χ1n) is 9.60. The fourth-order valence-corrected chi connectivity index (χ4v) is 6.70. The van der Waals surface area contributed by atoms with Crippen LogP contribution in [0.15, 0.2) is 17.8 Å². The molecule has 2 saturated carbocycles. The van der Waals surface area contributed by atoms with Crippen LogP contribution in [0, 0.1) is 11.8 Å². The molecule has 5 heteroatoms. The zero-order chi connectivity index (χ0) is 17.6. The van der Waals surface area contributed by atoms with Crippen molar-refractivity contribution in [1.29, 1.82) is 0 Å². The lowest BCUT2D eigenvalue weighted by Gasteiger charge is -2.25. The summed E-state index contributed by atoms with van der Waals surface area (Å²) < 4.78 is 0. The van der Waals surface area contributed by atoms with E-state index < -0.39 is 0 Å². The number of nitrogens with one attached hydrogen (secondary N) is 1. The molecule has 0 amide bonds. The molecule has 136 valence electrons. The first kappa shape index (κ1) is 17.1. The van der Waals surface area contributed by atoms with Crippen molar-refractivity contribution in [2.24, 2.45) is 22.6 Å². The summed E-state index contributed by atoms with van der Waals surface area (Å²) >= 11 is 1.83. The number of aliphatic imine (C=N–C) groups is 1. The van der Waals surface area contributed by atoms with Gasteiger partial charge >= 0.3 is 0 Å². The third-order valence-corrected chi connectivity index (χ3v) is 7.67. The minimum absolute atomic E-state index is 0.395. The Morgan fingerprint density at radius 1 is 1.32 bits per heavy atom. The monoisotopic (exact) mass is 358 g/mol. The van der Waals surface area contributed by atoms with Gasteiger partial charge in [0.2, 0.25) is 0 Å². The summed E-state index contributed by atoms with van der Waals surface area (Å²) in [5.74, 6) is 2.39.